The van der Waals surface area contributed by atoms with E-state index in [0.29, 0.717) is 10.9 Å². The highest BCUT2D eigenvalue weighted by atomic mass is 35.5. The zero-order chi connectivity index (χ0) is 16.8. The van der Waals surface area contributed by atoms with Gasteiger partial charge in [0.1, 0.15) is 0 Å². The molecule has 1 saturated heterocycles. The normalized spacial score (nSPS) is 21.3. The lowest BCUT2D eigenvalue weighted by Gasteiger charge is -2.30. The number of benzene rings is 1. The van der Waals surface area contributed by atoms with Crippen LogP contribution in [0.3, 0.4) is 0 Å². The van der Waals surface area contributed by atoms with Crippen molar-refractivity contribution in [1.29, 1.82) is 0 Å². The molecule has 1 aromatic carbocycles. The minimum Gasteiger partial charge on any atom is -0.353 e. The van der Waals surface area contributed by atoms with Gasteiger partial charge in [-0.25, -0.2) is 0 Å². The molecule has 3 atom stereocenters. The fraction of sp³-hybridized carbons (Fsp3) is 0.529. The van der Waals surface area contributed by atoms with Crippen LogP contribution < -0.4 is 16.0 Å². The molecule has 1 aromatic rings. The van der Waals surface area contributed by atoms with Crippen LogP contribution in [0.5, 0.6) is 0 Å². The van der Waals surface area contributed by atoms with Crippen LogP contribution in [0.1, 0.15) is 38.3 Å². The summed E-state index contributed by atoms with van der Waals surface area (Å²) >= 11 is 5.90. The maximum atomic E-state index is 12.4. The Morgan fingerprint density at radius 3 is 2.58 bits per heavy atom. The van der Waals surface area contributed by atoms with Crippen LogP contribution in [0, 0.1) is 5.92 Å². The molecule has 3 unspecified atom stereocenters. The quantitative estimate of drug-likeness (QED) is 0.742. The van der Waals surface area contributed by atoms with Crippen molar-refractivity contribution in [2.75, 3.05) is 13.1 Å². The fourth-order valence-electron chi connectivity index (χ4n) is 2.87. The summed E-state index contributed by atoms with van der Waals surface area (Å²) in [5, 5.41) is 9.88. The summed E-state index contributed by atoms with van der Waals surface area (Å²) in [5.41, 5.74) is 0.873. The van der Waals surface area contributed by atoms with Crippen LogP contribution in [-0.2, 0) is 9.59 Å². The van der Waals surface area contributed by atoms with E-state index in [1.165, 1.54) is 6.92 Å². The summed E-state index contributed by atoms with van der Waals surface area (Å²) < 4.78 is 0. The molecular formula is C17H25Cl2N3O2. The summed E-state index contributed by atoms with van der Waals surface area (Å²) in [5.74, 6) is 0.202. The van der Waals surface area contributed by atoms with Gasteiger partial charge in [0, 0.05) is 18.0 Å². The van der Waals surface area contributed by atoms with E-state index < -0.39 is 0 Å². The van der Waals surface area contributed by atoms with Crippen LogP contribution in [0.2, 0.25) is 5.02 Å². The van der Waals surface area contributed by atoms with Gasteiger partial charge in [-0.05, 0) is 43.1 Å². The van der Waals surface area contributed by atoms with Crippen molar-refractivity contribution in [2.24, 2.45) is 5.92 Å². The molecule has 1 aliphatic heterocycles. The van der Waals surface area contributed by atoms with Gasteiger partial charge in [0.15, 0.2) is 0 Å². The molecule has 0 saturated carbocycles. The fourth-order valence-corrected chi connectivity index (χ4v) is 3.00. The van der Waals surface area contributed by atoms with Gasteiger partial charge in [-0.3, -0.25) is 9.59 Å². The summed E-state index contributed by atoms with van der Waals surface area (Å²) in [7, 11) is 0. The molecule has 0 aliphatic carbocycles. The topological polar surface area (TPSA) is 70.2 Å². The van der Waals surface area contributed by atoms with E-state index >= 15 is 0 Å². The Bertz CT molecular complexity index is 551. The standard InChI is InChI=1S/C17H24ClN3O2.ClH/c1-11-10-19-8-7-15(11)21-17(23)9-16(20-12(2)22)13-3-5-14(18)6-4-13;/h3-6,11,15-16,19H,7-10H2,1-2H3,(H,20,22)(H,21,23);1H. The van der Waals surface area contributed by atoms with Gasteiger partial charge in [-0.15, -0.1) is 12.4 Å². The highest BCUT2D eigenvalue weighted by Crippen LogP contribution is 2.20. The molecule has 0 radical (unpaired) electrons. The largest absolute Gasteiger partial charge is 0.353 e. The van der Waals surface area contributed by atoms with E-state index in [4.69, 9.17) is 11.6 Å². The van der Waals surface area contributed by atoms with Crippen molar-refractivity contribution in [2.45, 2.75) is 38.8 Å². The maximum absolute atomic E-state index is 12.4. The number of amides is 2. The van der Waals surface area contributed by atoms with Crippen molar-refractivity contribution in [3.05, 3.63) is 34.9 Å². The average Bonchev–Trinajstić information content (AvgIpc) is 2.49. The molecule has 24 heavy (non-hydrogen) atoms. The molecule has 5 nitrogen and oxygen atoms in total. The molecule has 1 heterocycles. The Morgan fingerprint density at radius 2 is 2.00 bits per heavy atom. The van der Waals surface area contributed by atoms with Crippen LogP contribution in [0.25, 0.3) is 0 Å². The molecular weight excluding hydrogens is 349 g/mol. The number of carbonyl (C=O) groups excluding carboxylic acids is 2. The van der Waals surface area contributed by atoms with Crippen molar-refractivity contribution < 1.29 is 9.59 Å². The Morgan fingerprint density at radius 1 is 1.33 bits per heavy atom. The second-order valence-electron chi connectivity index (χ2n) is 6.15. The number of rotatable bonds is 5. The lowest BCUT2D eigenvalue weighted by molar-refractivity contribution is -0.123. The first kappa shape index (κ1) is 20.7. The first-order chi connectivity index (χ1) is 11.0. The highest BCUT2D eigenvalue weighted by Gasteiger charge is 2.24. The lowest BCUT2D eigenvalue weighted by Crippen LogP contribution is -2.49. The van der Waals surface area contributed by atoms with Gasteiger partial charge in [0.25, 0.3) is 0 Å². The molecule has 0 aromatic heterocycles. The Kier molecular flexibility index (Phi) is 8.53. The summed E-state index contributed by atoms with van der Waals surface area (Å²) in [6.07, 6.45) is 1.15. The van der Waals surface area contributed by atoms with Crippen molar-refractivity contribution >= 4 is 35.8 Å². The first-order valence-corrected chi connectivity index (χ1v) is 8.36. The SMILES string of the molecule is CC(=O)NC(CC(=O)NC1CCNCC1C)c1ccc(Cl)cc1.Cl. The third-order valence-electron chi connectivity index (χ3n) is 4.17. The van der Waals surface area contributed by atoms with Crippen LogP contribution in [-0.4, -0.2) is 30.9 Å². The number of halogens is 2. The molecule has 134 valence electrons. The Balaban J connectivity index is 0.00000288. The van der Waals surface area contributed by atoms with Gasteiger partial charge < -0.3 is 16.0 Å². The second-order valence-corrected chi connectivity index (χ2v) is 6.59. The van der Waals surface area contributed by atoms with E-state index in [9.17, 15) is 9.59 Å². The zero-order valence-corrected chi connectivity index (χ0v) is 15.5. The van der Waals surface area contributed by atoms with Gasteiger partial charge in [-0.1, -0.05) is 30.7 Å². The van der Waals surface area contributed by atoms with E-state index in [2.05, 4.69) is 22.9 Å². The molecule has 3 N–H and O–H groups in total. The summed E-state index contributed by atoms with van der Waals surface area (Å²) in [6.45, 7) is 5.41. The van der Waals surface area contributed by atoms with Gasteiger partial charge in [0.2, 0.25) is 11.8 Å². The minimum atomic E-state index is -0.346. The molecule has 1 fully saturated rings. The molecule has 7 heteroatoms. The molecule has 0 spiro atoms. The van der Waals surface area contributed by atoms with Crippen molar-refractivity contribution in [3.63, 3.8) is 0 Å². The molecule has 2 rings (SSSR count). The van der Waals surface area contributed by atoms with Crippen LogP contribution in [0.4, 0.5) is 0 Å². The Labute approximate surface area is 154 Å². The van der Waals surface area contributed by atoms with Gasteiger partial charge >= 0.3 is 0 Å². The number of hydrogen-bond acceptors (Lipinski definition) is 3. The predicted octanol–water partition coefficient (Wildman–Crippen LogP) is 2.44. The van der Waals surface area contributed by atoms with Crippen LogP contribution >= 0.6 is 24.0 Å². The molecule has 0 bridgehead atoms. The lowest BCUT2D eigenvalue weighted by atomic mass is 9.94. The Hall–Kier alpha value is -1.30. The number of piperidine rings is 1. The highest BCUT2D eigenvalue weighted by molar-refractivity contribution is 6.30. The van der Waals surface area contributed by atoms with Gasteiger partial charge in [-0.2, -0.15) is 0 Å². The number of hydrogen-bond donors (Lipinski definition) is 3. The van der Waals surface area contributed by atoms with E-state index in [-0.39, 0.29) is 42.7 Å². The van der Waals surface area contributed by atoms with E-state index in [1.807, 2.05) is 12.1 Å². The molecule has 2 amide bonds. The maximum Gasteiger partial charge on any atom is 0.222 e. The number of nitrogens with one attached hydrogen (secondary N) is 3. The first-order valence-electron chi connectivity index (χ1n) is 7.98. The van der Waals surface area contributed by atoms with E-state index in [1.54, 1.807) is 12.1 Å². The third-order valence-corrected chi connectivity index (χ3v) is 4.42. The monoisotopic (exact) mass is 373 g/mol. The number of carbonyl (C=O) groups is 2. The van der Waals surface area contributed by atoms with E-state index in [0.717, 1.165) is 25.1 Å². The predicted molar refractivity (Wildman–Crippen MR) is 98.5 cm³/mol. The minimum absolute atomic E-state index is 0. The average molecular weight is 374 g/mol. The zero-order valence-electron chi connectivity index (χ0n) is 14.0. The van der Waals surface area contributed by atoms with Crippen molar-refractivity contribution in [3.8, 4) is 0 Å². The van der Waals surface area contributed by atoms with Crippen LogP contribution in [0.15, 0.2) is 24.3 Å². The molecule has 1 aliphatic rings. The smallest absolute Gasteiger partial charge is 0.222 e. The summed E-state index contributed by atoms with van der Waals surface area (Å²) in [4.78, 5) is 23.8. The summed E-state index contributed by atoms with van der Waals surface area (Å²) in [6, 6.07) is 7.04. The van der Waals surface area contributed by atoms with Gasteiger partial charge in [0.05, 0.1) is 12.5 Å². The third kappa shape index (κ3) is 6.30. The van der Waals surface area contributed by atoms with Crippen molar-refractivity contribution in [1.82, 2.24) is 16.0 Å². The second kappa shape index (κ2) is 9.87.